The van der Waals surface area contributed by atoms with E-state index in [0.717, 1.165) is 11.6 Å². The molecule has 6 N–H and O–H groups in total. The first-order chi connectivity index (χ1) is 12.8. The minimum absolute atomic E-state index is 0.0907. The van der Waals surface area contributed by atoms with Gasteiger partial charge in [-0.15, -0.1) is 0 Å². The van der Waals surface area contributed by atoms with E-state index >= 15 is 0 Å². The molecule has 9 heteroatoms. The molecule has 0 atom stereocenters. The predicted molar refractivity (Wildman–Crippen MR) is 97.1 cm³/mol. The Kier molecular flexibility index (Phi) is 4.51. The number of aryl methyl sites for hydroxylation is 1. The number of benzene rings is 2. The number of carbonyl (C=O) groups excluding carboxylic acids is 2. The molecule has 0 unspecified atom stereocenters. The molecule has 0 fully saturated rings. The third kappa shape index (κ3) is 3.56. The fourth-order valence-electron chi connectivity index (χ4n) is 2.74. The van der Waals surface area contributed by atoms with Gasteiger partial charge in [0.1, 0.15) is 11.6 Å². The fourth-order valence-corrected chi connectivity index (χ4v) is 2.74. The van der Waals surface area contributed by atoms with Crippen molar-refractivity contribution in [2.24, 2.45) is 11.5 Å². The largest absolute Gasteiger partial charge is 0.507 e. The summed E-state index contributed by atoms with van der Waals surface area (Å²) >= 11 is 0. The molecule has 0 spiro atoms. The number of amides is 3. The third-order valence-corrected chi connectivity index (χ3v) is 3.93. The second kappa shape index (κ2) is 6.79. The van der Waals surface area contributed by atoms with Crippen molar-refractivity contribution in [3.05, 3.63) is 59.7 Å². The topological polar surface area (TPSA) is 136 Å². The average Bonchev–Trinajstić information content (AvgIpc) is 2.99. The highest BCUT2D eigenvalue weighted by Gasteiger charge is 2.17. The van der Waals surface area contributed by atoms with Crippen LogP contribution in [0, 0.1) is 12.7 Å². The van der Waals surface area contributed by atoms with Crippen molar-refractivity contribution in [1.82, 2.24) is 9.78 Å². The van der Waals surface area contributed by atoms with E-state index in [1.807, 2.05) is 6.92 Å². The highest BCUT2D eigenvalue weighted by Crippen LogP contribution is 2.33. The van der Waals surface area contributed by atoms with Gasteiger partial charge in [-0.05, 0) is 42.3 Å². The molecule has 0 aliphatic rings. The van der Waals surface area contributed by atoms with Gasteiger partial charge in [0.15, 0.2) is 5.69 Å². The Balaban J connectivity index is 2.03. The van der Waals surface area contributed by atoms with Gasteiger partial charge in [0, 0.05) is 11.6 Å². The molecular weight excluding hydrogens is 353 g/mol. The maximum atomic E-state index is 13.2. The van der Waals surface area contributed by atoms with Crippen LogP contribution in [0.25, 0.3) is 16.8 Å². The number of aromatic nitrogens is 2. The molecule has 8 nitrogen and oxygen atoms in total. The highest BCUT2D eigenvalue weighted by molar-refractivity contribution is 6.00. The van der Waals surface area contributed by atoms with E-state index in [4.69, 9.17) is 11.5 Å². The third-order valence-electron chi connectivity index (χ3n) is 3.93. The Morgan fingerprint density at radius 2 is 1.85 bits per heavy atom. The molecule has 27 heavy (non-hydrogen) atoms. The zero-order chi connectivity index (χ0) is 19.7. The smallest absolute Gasteiger partial charge is 0.316 e. The summed E-state index contributed by atoms with van der Waals surface area (Å²) in [5, 5.41) is 16.4. The molecule has 1 heterocycles. The molecule has 0 saturated heterocycles. The SMILES string of the molecule is Cc1cc(-n2cc(NC(N)=O)c(C(N)=O)n2)ccc1-c1ccc(F)cc1O. The Labute approximate surface area is 153 Å². The fraction of sp³-hybridized carbons (Fsp3) is 0.0556. The molecule has 1 aromatic heterocycles. The number of primary amides is 2. The number of hydrogen-bond donors (Lipinski definition) is 4. The van der Waals surface area contributed by atoms with E-state index in [2.05, 4.69) is 10.4 Å². The number of nitrogens with one attached hydrogen (secondary N) is 1. The number of nitrogens with two attached hydrogens (primary N) is 2. The number of phenols is 1. The summed E-state index contributed by atoms with van der Waals surface area (Å²) in [6.45, 7) is 1.81. The van der Waals surface area contributed by atoms with Crippen LogP contribution >= 0.6 is 0 Å². The lowest BCUT2D eigenvalue weighted by molar-refractivity contribution is 0.0996. The summed E-state index contributed by atoms with van der Waals surface area (Å²) in [5.74, 6) is -1.52. The van der Waals surface area contributed by atoms with Crippen LogP contribution in [0.1, 0.15) is 16.1 Å². The van der Waals surface area contributed by atoms with Gasteiger partial charge in [-0.3, -0.25) is 4.79 Å². The van der Waals surface area contributed by atoms with E-state index in [-0.39, 0.29) is 17.1 Å². The van der Waals surface area contributed by atoms with Gasteiger partial charge in [0.2, 0.25) is 0 Å². The Morgan fingerprint density at radius 3 is 2.44 bits per heavy atom. The van der Waals surface area contributed by atoms with Gasteiger partial charge in [-0.2, -0.15) is 5.10 Å². The lowest BCUT2D eigenvalue weighted by atomic mass is 9.99. The Bertz CT molecular complexity index is 1060. The summed E-state index contributed by atoms with van der Waals surface area (Å²) in [5.41, 5.74) is 12.9. The van der Waals surface area contributed by atoms with Crippen molar-refractivity contribution >= 4 is 17.6 Å². The molecule has 0 aliphatic carbocycles. The number of nitrogens with zero attached hydrogens (tertiary/aromatic N) is 2. The van der Waals surface area contributed by atoms with Crippen LogP contribution in [0.2, 0.25) is 0 Å². The normalized spacial score (nSPS) is 10.6. The first-order valence-electron chi connectivity index (χ1n) is 7.82. The van der Waals surface area contributed by atoms with Crippen molar-refractivity contribution in [2.45, 2.75) is 6.92 Å². The van der Waals surface area contributed by atoms with E-state index in [1.165, 1.54) is 23.0 Å². The number of urea groups is 1. The van der Waals surface area contributed by atoms with Crippen LogP contribution < -0.4 is 16.8 Å². The number of halogens is 1. The average molecular weight is 369 g/mol. The molecule has 2 aromatic carbocycles. The Morgan fingerprint density at radius 1 is 1.15 bits per heavy atom. The molecule has 3 rings (SSSR count). The van der Waals surface area contributed by atoms with E-state index < -0.39 is 17.8 Å². The molecular formula is C18H16FN5O3. The van der Waals surface area contributed by atoms with Gasteiger partial charge in [-0.25, -0.2) is 13.9 Å². The minimum atomic E-state index is -0.852. The molecule has 3 amide bonds. The number of hydrogen-bond acceptors (Lipinski definition) is 4. The Hall–Kier alpha value is -3.88. The molecule has 3 aromatic rings. The van der Waals surface area contributed by atoms with Crippen molar-refractivity contribution in [1.29, 1.82) is 0 Å². The van der Waals surface area contributed by atoms with Crippen molar-refractivity contribution in [3.8, 4) is 22.6 Å². The number of anilines is 1. The van der Waals surface area contributed by atoms with Gasteiger partial charge in [-0.1, -0.05) is 6.07 Å². The first-order valence-corrected chi connectivity index (χ1v) is 7.82. The second-order valence-electron chi connectivity index (χ2n) is 5.85. The zero-order valence-electron chi connectivity index (χ0n) is 14.2. The minimum Gasteiger partial charge on any atom is -0.507 e. The van der Waals surface area contributed by atoms with E-state index in [1.54, 1.807) is 18.2 Å². The van der Waals surface area contributed by atoms with E-state index in [9.17, 15) is 19.1 Å². The molecule has 0 aliphatic heterocycles. The lowest BCUT2D eigenvalue weighted by Gasteiger charge is -2.10. The summed E-state index contributed by atoms with van der Waals surface area (Å²) in [6.07, 6.45) is 1.41. The summed E-state index contributed by atoms with van der Waals surface area (Å²) in [4.78, 5) is 22.6. The van der Waals surface area contributed by atoms with Gasteiger partial charge < -0.3 is 21.9 Å². The second-order valence-corrected chi connectivity index (χ2v) is 5.85. The zero-order valence-corrected chi connectivity index (χ0v) is 14.2. The van der Waals surface area contributed by atoms with Crippen molar-refractivity contribution in [2.75, 3.05) is 5.32 Å². The van der Waals surface area contributed by atoms with Crippen LogP contribution in [0.3, 0.4) is 0 Å². The van der Waals surface area contributed by atoms with Crippen molar-refractivity contribution in [3.63, 3.8) is 0 Å². The number of phenolic OH excluding ortho intramolecular Hbond substituents is 1. The standard InChI is InChI=1S/C18H16FN5O3/c1-9-6-11(3-5-12(9)13-4-2-10(19)7-15(13)25)24-8-14(22-18(21)27)16(23-24)17(20)26/h2-8,25H,1H3,(H2,20,26)(H3,21,22,27). The number of rotatable bonds is 4. The van der Waals surface area contributed by atoms with Crippen LogP contribution in [0.4, 0.5) is 14.9 Å². The lowest BCUT2D eigenvalue weighted by Crippen LogP contribution is -2.22. The predicted octanol–water partition coefficient (Wildman–Crippen LogP) is 2.28. The van der Waals surface area contributed by atoms with Gasteiger partial charge in [0.25, 0.3) is 5.91 Å². The maximum absolute atomic E-state index is 13.2. The number of carbonyl (C=O) groups is 2. The monoisotopic (exact) mass is 369 g/mol. The highest BCUT2D eigenvalue weighted by atomic mass is 19.1. The molecule has 138 valence electrons. The van der Waals surface area contributed by atoms with Crippen LogP contribution in [0.15, 0.2) is 42.6 Å². The van der Waals surface area contributed by atoms with Crippen LogP contribution in [0.5, 0.6) is 5.75 Å². The summed E-state index contributed by atoms with van der Waals surface area (Å²) in [6, 6.07) is 8.11. The van der Waals surface area contributed by atoms with Gasteiger partial charge >= 0.3 is 6.03 Å². The number of aromatic hydroxyl groups is 1. The summed E-state index contributed by atoms with van der Waals surface area (Å²) in [7, 11) is 0. The van der Waals surface area contributed by atoms with Crippen molar-refractivity contribution < 1.29 is 19.1 Å². The van der Waals surface area contributed by atoms with Crippen LogP contribution in [-0.4, -0.2) is 26.8 Å². The van der Waals surface area contributed by atoms with Gasteiger partial charge in [0.05, 0.1) is 17.6 Å². The first kappa shape index (κ1) is 17.9. The maximum Gasteiger partial charge on any atom is 0.316 e. The molecule has 0 bridgehead atoms. The van der Waals surface area contributed by atoms with Crippen LogP contribution in [-0.2, 0) is 0 Å². The van der Waals surface area contributed by atoms with E-state index in [0.29, 0.717) is 16.8 Å². The summed E-state index contributed by atoms with van der Waals surface area (Å²) < 4.78 is 14.6. The molecule has 0 saturated carbocycles. The molecule has 0 radical (unpaired) electrons. The quantitative estimate of drug-likeness (QED) is 0.561.